The Balaban J connectivity index is 1.83. The lowest BCUT2D eigenvalue weighted by Gasteiger charge is -2.15. The Morgan fingerprint density at radius 3 is 2.24 bits per heavy atom. The minimum absolute atomic E-state index is 0.0171. The van der Waals surface area contributed by atoms with Crippen molar-refractivity contribution in [3.8, 4) is 0 Å². The molecule has 0 bridgehead atoms. The number of rotatable bonds is 10. The zero-order valence-electron chi connectivity index (χ0n) is 15.3. The average Bonchev–Trinajstić information content (AvgIpc) is 2.60. The van der Waals surface area contributed by atoms with E-state index in [1.165, 1.54) is 43.2 Å². The summed E-state index contributed by atoms with van der Waals surface area (Å²) in [5, 5.41) is 19.1. The van der Waals surface area contributed by atoms with Gasteiger partial charge < -0.3 is 10.2 Å². The average molecular weight is 342 g/mol. The molecule has 1 aliphatic rings. The van der Waals surface area contributed by atoms with Crippen molar-refractivity contribution in [1.29, 1.82) is 0 Å². The van der Waals surface area contributed by atoms with E-state index < -0.39 is 5.97 Å². The number of aryl methyl sites for hydroxylation is 2. The molecule has 1 aromatic carbocycles. The molecule has 0 unspecified atom stereocenters. The van der Waals surface area contributed by atoms with Crippen molar-refractivity contribution in [1.82, 2.24) is 0 Å². The highest BCUT2D eigenvalue weighted by atomic mass is 16.4. The second kappa shape index (κ2) is 10.1. The number of aliphatic hydroxyl groups excluding tert-OH is 1. The van der Waals surface area contributed by atoms with Gasteiger partial charge in [-0.05, 0) is 48.8 Å². The van der Waals surface area contributed by atoms with Crippen LogP contribution < -0.4 is 0 Å². The summed E-state index contributed by atoms with van der Waals surface area (Å²) in [6.07, 6.45) is 12.2. The Kier molecular flexibility index (Phi) is 7.77. The quantitative estimate of drug-likeness (QED) is 0.532. The maximum absolute atomic E-state index is 11.3. The molecule has 3 nitrogen and oxygen atoms in total. The van der Waals surface area contributed by atoms with E-state index in [9.17, 15) is 15.0 Å². The van der Waals surface area contributed by atoms with Crippen LogP contribution in [0.2, 0.25) is 0 Å². The third-order valence-corrected chi connectivity index (χ3v) is 4.87. The minimum atomic E-state index is -1.03. The SMILES string of the molecule is CCCCCCCc1ccc(CCC2=CCCC(O)=C2C(=O)O)cc1. The van der Waals surface area contributed by atoms with Crippen LogP contribution in [0.1, 0.15) is 69.4 Å². The maximum Gasteiger partial charge on any atom is 0.339 e. The van der Waals surface area contributed by atoms with Crippen LogP contribution in [0.25, 0.3) is 0 Å². The zero-order chi connectivity index (χ0) is 18.1. The monoisotopic (exact) mass is 342 g/mol. The topological polar surface area (TPSA) is 57.5 Å². The van der Waals surface area contributed by atoms with Gasteiger partial charge in [-0.25, -0.2) is 4.79 Å². The number of allylic oxidation sites excluding steroid dienone is 2. The molecular formula is C22H30O3. The second-order valence-electron chi connectivity index (χ2n) is 6.88. The zero-order valence-corrected chi connectivity index (χ0v) is 15.3. The van der Waals surface area contributed by atoms with Crippen LogP contribution in [0.3, 0.4) is 0 Å². The lowest BCUT2D eigenvalue weighted by atomic mass is 9.91. The van der Waals surface area contributed by atoms with E-state index in [0.29, 0.717) is 12.8 Å². The largest absolute Gasteiger partial charge is 0.511 e. The molecular weight excluding hydrogens is 312 g/mol. The van der Waals surface area contributed by atoms with Crippen molar-refractivity contribution < 1.29 is 15.0 Å². The van der Waals surface area contributed by atoms with E-state index in [2.05, 4.69) is 31.2 Å². The number of hydrogen-bond donors (Lipinski definition) is 2. The first-order valence-corrected chi connectivity index (χ1v) is 9.54. The fourth-order valence-electron chi connectivity index (χ4n) is 3.37. The Morgan fingerprint density at radius 1 is 0.960 bits per heavy atom. The number of hydrogen-bond acceptors (Lipinski definition) is 2. The number of aliphatic hydroxyl groups is 1. The van der Waals surface area contributed by atoms with Crippen LogP contribution in [0, 0.1) is 0 Å². The van der Waals surface area contributed by atoms with Crippen LogP contribution in [0.15, 0.2) is 47.2 Å². The van der Waals surface area contributed by atoms with Gasteiger partial charge in [0.1, 0.15) is 5.76 Å². The number of carbonyl (C=O) groups is 1. The van der Waals surface area contributed by atoms with Gasteiger partial charge in [0.15, 0.2) is 0 Å². The lowest BCUT2D eigenvalue weighted by Crippen LogP contribution is -2.11. The molecule has 25 heavy (non-hydrogen) atoms. The number of benzene rings is 1. The van der Waals surface area contributed by atoms with Gasteiger partial charge in [0.2, 0.25) is 0 Å². The Morgan fingerprint density at radius 2 is 1.60 bits per heavy atom. The Labute approximate surface area is 151 Å². The highest BCUT2D eigenvalue weighted by molar-refractivity contribution is 5.92. The maximum atomic E-state index is 11.3. The molecule has 0 heterocycles. The van der Waals surface area contributed by atoms with Crippen molar-refractivity contribution in [2.24, 2.45) is 0 Å². The van der Waals surface area contributed by atoms with Gasteiger partial charge in [0.05, 0.1) is 5.57 Å². The van der Waals surface area contributed by atoms with Crippen molar-refractivity contribution in [3.63, 3.8) is 0 Å². The molecule has 136 valence electrons. The predicted octanol–water partition coefficient (Wildman–Crippen LogP) is 5.75. The van der Waals surface area contributed by atoms with Crippen molar-refractivity contribution in [2.75, 3.05) is 0 Å². The first-order valence-electron chi connectivity index (χ1n) is 9.54. The smallest absolute Gasteiger partial charge is 0.339 e. The molecule has 0 atom stereocenters. The standard InChI is InChI=1S/C22H30O3/c1-2-3-4-5-6-8-17-11-13-18(14-12-17)15-16-19-9-7-10-20(23)21(19)22(24)25/h9,11-14,23H,2-8,10,15-16H2,1H3,(H,24,25). The number of unbranched alkanes of at least 4 members (excludes halogenated alkanes) is 4. The van der Waals surface area contributed by atoms with Crippen LogP contribution in [-0.2, 0) is 17.6 Å². The highest BCUT2D eigenvalue weighted by Gasteiger charge is 2.21. The fraction of sp³-hybridized carbons (Fsp3) is 0.500. The molecule has 0 saturated carbocycles. The first-order chi connectivity index (χ1) is 12.1. The van der Waals surface area contributed by atoms with E-state index in [4.69, 9.17) is 0 Å². The molecule has 0 aromatic heterocycles. The molecule has 2 rings (SSSR count). The van der Waals surface area contributed by atoms with E-state index in [-0.39, 0.29) is 11.3 Å². The molecule has 0 amide bonds. The summed E-state index contributed by atoms with van der Waals surface area (Å²) in [5.41, 5.74) is 3.46. The summed E-state index contributed by atoms with van der Waals surface area (Å²) in [5.74, 6) is -1.01. The molecule has 0 aliphatic heterocycles. The van der Waals surface area contributed by atoms with Crippen LogP contribution in [0.4, 0.5) is 0 Å². The summed E-state index contributed by atoms with van der Waals surface area (Å²) < 4.78 is 0. The number of carboxylic acid groups (broad SMARTS) is 1. The first kappa shape index (κ1) is 19.3. The van der Waals surface area contributed by atoms with E-state index in [1.807, 2.05) is 6.08 Å². The van der Waals surface area contributed by atoms with Gasteiger partial charge >= 0.3 is 5.97 Å². The molecule has 0 saturated heterocycles. The molecule has 1 aliphatic carbocycles. The molecule has 1 aromatic rings. The van der Waals surface area contributed by atoms with Gasteiger partial charge in [0, 0.05) is 6.42 Å². The van der Waals surface area contributed by atoms with Gasteiger partial charge in [0.25, 0.3) is 0 Å². The van der Waals surface area contributed by atoms with E-state index in [0.717, 1.165) is 24.8 Å². The predicted molar refractivity (Wildman–Crippen MR) is 102 cm³/mol. The van der Waals surface area contributed by atoms with E-state index in [1.54, 1.807) is 0 Å². The number of carboxylic acids is 1. The molecule has 0 fully saturated rings. The van der Waals surface area contributed by atoms with Gasteiger partial charge in [-0.15, -0.1) is 0 Å². The van der Waals surface area contributed by atoms with Crippen LogP contribution >= 0.6 is 0 Å². The van der Waals surface area contributed by atoms with E-state index >= 15 is 0 Å². The molecule has 3 heteroatoms. The van der Waals surface area contributed by atoms with Crippen molar-refractivity contribution >= 4 is 5.97 Å². The molecule has 0 radical (unpaired) electrons. The van der Waals surface area contributed by atoms with Crippen LogP contribution in [0.5, 0.6) is 0 Å². The molecule has 2 N–H and O–H groups in total. The third kappa shape index (κ3) is 6.08. The van der Waals surface area contributed by atoms with Crippen molar-refractivity contribution in [3.05, 3.63) is 58.4 Å². The van der Waals surface area contributed by atoms with Gasteiger partial charge in [-0.3, -0.25) is 0 Å². The normalized spacial score (nSPS) is 14.5. The fourth-order valence-corrected chi connectivity index (χ4v) is 3.37. The summed E-state index contributed by atoms with van der Waals surface area (Å²) in [6, 6.07) is 8.68. The Hall–Kier alpha value is -2.03. The Bertz CT molecular complexity index is 623. The second-order valence-corrected chi connectivity index (χ2v) is 6.88. The minimum Gasteiger partial charge on any atom is -0.511 e. The summed E-state index contributed by atoms with van der Waals surface area (Å²) in [4.78, 5) is 11.3. The third-order valence-electron chi connectivity index (χ3n) is 4.87. The van der Waals surface area contributed by atoms with Gasteiger partial charge in [-0.2, -0.15) is 0 Å². The van der Waals surface area contributed by atoms with Gasteiger partial charge in [-0.1, -0.05) is 62.9 Å². The lowest BCUT2D eigenvalue weighted by molar-refractivity contribution is -0.132. The summed E-state index contributed by atoms with van der Waals surface area (Å²) in [7, 11) is 0. The summed E-state index contributed by atoms with van der Waals surface area (Å²) >= 11 is 0. The highest BCUT2D eigenvalue weighted by Crippen LogP contribution is 2.27. The van der Waals surface area contributed by atoms with Crippen molar-refractivity contribution in [2.45, 2.75) is 71.1 Å². The number of aliphatic carboxylic acids is 1. The summed E-state index contributed by atoms with van der Waals surface area (Å²) in [6.45, 7) is 2.23. The molecule has 0 spiro atoms. The van der Waals surface area contributed by atoms with Crippen LogP contribution in [-0.4, -0.2) is 16.2 Å².